The maximum Gasteiger partial charge on any atom is 0.411 e. The van der Waals surface area contributed by atoms with E-state index < -0.39 is 23.8 Å². The lowest BCUT2D eigenvalue weighted by atomic mass is 9.76. The first-order valence-electron chi connectivity index (χ1n) is 7.05. The summed E-state index contributed by atoms with van der Waals surface area (Å²) in [5.41, 5.74) is 0.286. The van der Waals surface area contributed by atoms with Gasteiger partial charge in [0.2, 0.25) is 0 Å². The van der Waals surface area contributed by atoms with Crippen LogP contribution in [0.3, 0.4) is 0 Å². The number of hydrogen-bond acceptors (Lipinski definition) is 4. The standard InChI is InChI=1S/C16H19BrN2O3/c1-16(2,3)22-15(21)19-12(8-18)14(13(19)9-20)10-4-6-11(17)7-5-10/h4-7,12-14,20H,9H2,1-3H3/t12-,13-,14-/m0/s1. The molecule has 1 fully saturated rings. The van der Waals surface area contributed by atoms with Gasteiger partial charge in [-0.25, -0.2) is 4.79 Å². The molecule has 1 aromatic rings. The number of aliphatic hydroxyl groups excluding tert-OH is 1. The van der Waals surface area contributed by atoms with Crippen LogP contribution in [-0.4, -0.2) is 40.4 Å². The van der Waals surface area contributed by atoms with Gasteiger partial charge in [-0.05, 0) is 38.5 Å². The van der Waals surface area contributed by atoms with Gasteiger partial charge >= 0.3 is 6.09 Å². The number of benzene rings is 1. The van der Waals surface area contributed by atoms with E-state index in [1.54, 1.807) is 20.8 Å². The minimum absolute atomic E-state index is 0.210. The Balaban J connectivity index is 2.23. The summed E-state index contributed by atoms with van der Waals surface area (Å²) in [4.78, 5) is 13.6. The van der Waals surface area contributed by atoms with Gasteiger partial charge in [-0.15, -0.1) is 0 Å². The number of amides is 1. The van der Waals surface area contributed by atoms with Crippen LogP contribution in [0.15, 0.2) is 28.7 Å². The third-order valence-corrected chi connectivity index (χ3v) is 4.12. The van der Waals surface area contributed by atoms with Crippen LogP contribution < -0.4 is 0 Å². The van der Waals surface area contributed by atoms with Crippen molar-refractivity contribution in [2.75, 3.05) is 6.61 Å². The molecular weight excluding hydrogens is 348 g/mol. The fourth-order valence-electron chi connectivity index (χ4n) is 2.66. The highest BCUT2D eigenvalue weighted by Crippen LogP contribution is 2.41. The number of ether oxygens (including phenoxy) is 1. The summed E-state index contributed by atoms with van der Waals surface area (Å²) in [5.74, 6) is -0.212. The minimum atomic E-state index is -0.639. The molecule has 0 saturated carbocycles. The zero-order chi connectivity index (χ0) is 16.5. The molecule has 0 spiro atoms. The number of carbonyl (C=O) groups is 1. The van der Waals surface area contributed by atoms with Gasteiger partial charge in [0.1, 0.15) is 11.6 Å². The first-order chi connectivity index (χ1) is 10.3. The lowest BCUT2D eigenvalue weighted by Crippen LogP contribution is -2.65. The van der Waals surface area contributed by atoms with Crippen LogP contribution in [0.2, 0.25) is 0 Å². The first-order valence-corrected chi connectivity index (χ1v) is 7.85. The first kappa shape index (κ1) is 16.8. The molecule has 0 aromatic heterocycles. The van der Waals surface area contributed by atoms with Crippen LogP contribution in [0.4, 0.5) is 4.79 Å². The number of halogens is 1. The second kappa shape index (κ2) is 6.27. The van der Waals surface area contributed by atoms with Gasteiger partial charge in [-0.2, -0.15) is 5.26 Å². The molecule has 1 heterocycles. The Morgan fingerprint density at radius 1 is 1.41 bits per heavy atom. The Morgan fingerprint density at radius 3 is 2.45 bits per heavy atom. The van der Waals surface area contributed by atoms with E-state index in [0.717, 1.165) is 10.0 Å². The molecule has 1 amide bonds. The zero-order valence-corrected chi connectivity index (χ0v) is 14.4. The summed E-state index contributed by atoms with van der Waals surface area (Å²) in [6, 6.07) is 8.63. The van der Waals surface area contributed by atoms with Crippen LogP contribution in [0.1, 0.15) is 32.3 Å². The minimum Gasteiger partial charge on any atom is -0.444 e. The number of likely N-dealkylation sites (tertiary alicyclic amines) is 1. The molecule has 0 radical (unpaired) electrons. The Kier molecular flexibility index (Phi) is 4.78. The van der Waals surface area contributed by atoms with Gasteiger partial charge in [0.25, 0.3) is 0 Å². The molecular formula is C16H19BrN2O3. The molecule has 1 aliphatic heterocycles. The number of carbonyl (C=O) groups excluding carboxylic acids is 1. The Hall–Kier alpha value is -1.58. The molecule has 1 aliphatic rings. The molecule has 118 valence electrons. The summed E-state index contributed by atoms with van der Waals surface area (Å²) in [5, 5.41) is 19.0. The van der Waals surface area contributed by atoms with E-state index >= 15 is 0 Å². The average molecular weight is 367 g/mol. The number of rotatable bonds is 2. The van der Waals surface area contributed by atoms with Crippen molar-refractivity contribution in [1.29, 1.82) is 5.26 Å². The summed E-state index contributed by atoms with van der Waals surface area (Å²) in [7, 11) is 0. The second-order valence-corrected chi connectivity index (χ2v) is 7.20. The quantitative estimate of drug-likeness (QED) is 0.872. The third kappa shape index (κ3) is 3.26. The summed E-state index contributed by atoms with van der Waals surface area (Å²) in [6.45, 7) is 5.10. The molecule has 5 nitrogen and oxygen atoms in total. The molecule has 2 rings (SSSR count). The van der Waals surface area contributed by atoms with Crippen molar-refractivity contribution in [1.82, 2.24) is 4.90 Å². The summed E-state index contributed by atoms with van der Waals surface area (Å²) < 4.78 is 6.26. The van der Waals surface area contributed by atoms with Crippen molar-refractivity contribution in [3.8, 4) is 6.07 Å². The molecule has 1 saturated heterocycles. The third-order valence-electron chi connectivity index (χ3n) is 3.59. The Bertz CT molecular complexity index is 589. The van der Waals surface area contributed by atoms with E-state index in [1.165, 1.54) is 4.90 Å². The van der Waals surface area contributed by atoms with Crippen molar-refractivity contribution in [3.05, 3.63) is 34.3 Å². The maximum atomic E-state index is 12.2. The van der Waals surface area contributed by atoms with E-state index in [0.29, 0.717) is 0 Å². The van der Waals surface area contributed by atoms with E-state index in [2.05, 4.69) is 22.0 Å². The van der Waals surface area contributed by atoms with Crippen molar-refractivity contribution >= 4 is 22.0 Å². The topological polar surface area (TPSA) is 73.6 Å². The lowest BCUT2D eigenvalue weighted by molar-refractivity contribution is -0.0448. The van der Waals surface area contributed by atoms with Gasteiger partial charge in [0, 0.05) is 10.4 Å². The predicted octanol–water partition coefficient (Wildman–Crippen LogP) is 3.04. The molecule has 0 aliphatic carbocycles. The van der Waals surface area contributed by atoms with Crippen LogP contribution in [-0.2, 0) is 4.74 Å². The van der Waals surface area contributed by atoms with Crippen molar-refractivity contribution in [2.45, 2.75) is 44.4 Å². The molecule has 1 aromatic carbocycles. The second-order valence-electron chi connectivity index (χ2n) is 6.29. The number of nitrogens with zero attached hydrogens (tertiary/aromatic N) is 2. The highest BCUT2D eigenvalue weighted by atomic mass is 79.9. The molecule has 22 heavy (non-hydrogen) atoms. The van der Waals surface area contributed by atoms with Crippen LogP contribution in [0, 0.1) is 11.3 Å². The van der Waals surface area contributed by atoms with Crippen LogP contribution in [0.5, 0.6) is 0 Å². The maximum absolute atomic E-state index is 12.2. The smallest absolute Gasteiger partial charge is 0.411 e. The highest BCUT2D eigenvalue weighted by Gasteiger charge is 2.53. The molecule has 0 unspecified atom stereocenters. The predicted molar refractivity (Wildman–Crippen MR) is 85.2 cm³/mol. The summed E-state index contributed by atoms with van der Waals surface area (Å²) in [6.07, 6.45) is -0.563. The SMILES string of the molecule is CC(C)(C)OC(=O)N1[C@@H](C#N)[C@H](c2ccc(Br)cc2)[C@@H]1CO. The molecule has 0 bridgehead atoms. The fraction of sp³-hybridized carbons (Fsp3) is 0.500. The van der Waals surface area contributed by atoms with Crippen molar-refractivity contribution < 1.29 is 14.6 Å². The van der Waals surface area contributed by atoms with Gasteiger partial charge < -0.3 is 9.84 Å². The number of aliphatic hydroxyl groups is 1. The van der Waals surface area contributed by atoms with E-state index in [1.807, 2.05) is 24.3 Å². The van der Waals surface area contributed by atoms with Crippen LogP contribution >= 0.6 is 15.9 Å². The normalized spacial score (nSPS) is 24.4. The van der Waals surface area contributed by atoms with Crippen LogP contribution in [0.25, 0.3) is 0 Å². The van der Waals surface area contributed by atoms with Gasteiger partial charge in [0.15, 0.2) is 0 Å². The van der Waals surface area contributed by atoms with E-state index in [-0.39, 0.29) is 12.5 Å². The van der Waals surface area contributed by atoms with Gasteiger partial charge in [-0.1, -0.05) is 28.1 Å². The molecule has 6 heteroatoms. The fourth-order valence-corrected chi connectivity index (χ4v) is 2.92. The Labute approximate surface area is 138 Å². The number of hydrogen-bond donors (Lipinski definition) is 1. The lowest BCUT2D eigenvalue weighted by Gasteiger charge is -2.51. The molecule has 3 atom stereocenters. The Morgan fingerprint density at radius 2 is 2.00 bits per heavy atom. The molecule has 1 N–H and O–H groups in total. The van der Waals surface area contributed by atoms with Crippen molar-refractivity contribution in [2.24, 2.45) is 0 Å². The largest absolute Gasteiger partial charge is 0.444 e. The monoisotopic (exact) mass is 366 g/mol. The zero-order valence-electron chi connectivity index (χ0n) is 12.8. The van der Waals surface area contributed by atoms with E-state index in [4.69, 9.17) is 4.74 Å². The highest BCUT2D eigenvalue weighted by molar-refractivity contribution is 9.10. The van der Waals surface area contributed by atoms with Gasteiger partial charge in [0.05, 0.1) is 18.7 Å². The van der Waals surface area contributed by atoms with E-state index in [9.17, 15) is 15.2 Å². The average Bonchev–Trinajstić information content (AvgIpc) is 2.38. The van der Waals surface area contributed by atoms with Gasteiger partial charge in [-0.3, -0.25) is 4.90 Å². The van der Waals surface area contributed by atoms with Crippen molar-refractivity contribution in [3.63, 3.8) is 0 Å². The number of nitriles is 1. The summed E-state index contributed by atoms with van der Waals surface area (Å²) >= 11 is 3.37.